The molecule has 0 bridgehead atoms. The highest BCUT2D eigenvalue weighted by Gasteiger charge is 2.36. The summed E-state index contributed by atoms with van der Waals surface area (Å²) in [5.74, 6) is -1.37. The zero-order valence-corrected chi connectivity index (χ0v) is 28.3. The van der Waals surface area contributed by atoms with E-state index in [4.69, 9.17) is 23.2 Å². The van der Waals surface area contributed by atoms with E-state index in [2.05, 4.69) is 5.32 Å². The van der Waals surface area contributed by atoms with E-state index in [-0.39, 0.29) is 33.6 Å². The zero-order valence-electron chi connectivity index (χ0n) is 26.0. The van der Waals surface area contributed by atoms with Gasteiger partial charge in [0.25, 0.3) is 10.0 Å². The third-order valence-electron chi connectivity index (χ3n) is 7.56. The van der Waals surface area contributed by atoms with Crippen LogP contribution in [0.2, 0.25) is 10.0 Å². The zero-order chi connectivity index (χ0) is 34.9. The average Bonchev–Trinajstić information content (AvgIpc) is 3.06. The van der Waals surface area contributed by atoms with Gasteiger partial charge in [0.2, 0.25) is 11.8 Å². The van der Waals surface area contributed by atoms with E-state index in [1.807, 2.05) is 6.92 Å². The first kappa shape index (κ1) is 36.8. The maximum atomic E-state index is 14.5. The molecule has 0 aliphatic heterocycles. The summed E-state index contributed by atoms with van der Waals surface area (Å²) >= 11 is 13.0. The Kier molecular flexibility index (Phi) is 12.5. The van der Waals surface area contributed by atoms with Crippen molar-refractivity contribution >= 4 is 50.7 Å². The van der Waals surface area contributed by atoms with E-state index in [0.29, 0.717) is 34.5 Å². The van der Waals surface area contributed by atoms with E-state index in [0.717, 1.165) is 18.6 Å². The van der Waals surface area contributed by atoms with Gasteiger partial charge in [0, 0.05) is 35.1 Å². The van der Waals surface area contributed by atoms with Crippen LogP contribution in [0.15, 0.2) is 108 Å². The monoisotopic (exact) mass is 719 g/mol. The van der Waals surface area contributed by atoms with Gasteiger partial charge < -0.3 is 10.2 Å². The number of unbranched alkanes of at least 4 members (excludes halogenated alkanes) is 1. The van der Waals surface area contributed by atoms with E-state index in [1.54, 1.807) is 54.6 Å². The molecule has 2 amide bonds. The second-order valence-corrected chi connectivity index (χ2v) is 13.6. The fourth-order valence-electron chi connectivity index (χ4n) is 5.00. The molecule has 13 heteroatoms. The highest BCUT2D eigenvalue weighted by Crippen LogP contribution is 2.34. The summed E-state index contributed by atoms with van der Waals surface area (Å²) in [7, 11) is -4.59. The summed E-state index contributed by atoms with van der Waals surface area (Å²) in [4.78, 5) is 29.3. The summed E-state index contributed by atoms with van der Waals surface area (Å²) in [5, 5.41) is 3.27. The first-order valence-electron chi connectivity index (χ1n) is 15.1. The van der Waals surface area contributed by atoms with Crippen molar-refractivity contribution in [2.45, 2.75) is 49.8 Å². The molecule has 0 heterocycles. The van der Waals surface area contributed by atoms with E-state index in [9.17, 15) is 31.2 Å². The van der Waals surface area contributed by atoms with Crippen molar-refractivity contribution in [3.8, 4) is 0 Å². The number of carbonyl (C=O) groups is 2. The van der Waals surface area contributed by atoms with Gasteiger partial charge in [0.15, 0.2) is 0 Å². The number of nitrogens with zero attached hydrogens (tertiary/aromatic N) is 2. The summed E-state index contributed by atoms with van der Waals surface area (Å²) in [5.41, 5.74) is -0.463. The molecule has 0 aliphatic rings. The van der Waals surface area contributed by atoms with Crippen LogP contribution in [0.1, 0.15) is 36.5 Å². The van der Waals surface area contributed by atoms with Gasteiger partial charge in [-0.15, -0.1) is 0 Å². The van der Waals surface area contributed by atoms with Crippen LogP contribution in [-0.4, -0.2) is 44.3 Å². The number of carbonyl (C=O) groups excluding carboxylic acids is 2. The number of nitrogens with one attached hydrogen (secondary N) is 1. The van der Waals surface area contributed by atoms with E-state index in [1.165, 1.54) is 35.2 Å². The molecule has 4 aromatic carbocycles. The normalized spacial score (nSPS) is 12.3. The summed E-state index contributed by atoms with van der Waals surface area (Å²) < 4.78 is 70.0. The molecular weight excluding hydrogens is 686 g/mol. The first-order chi connectivity index (χ1) is 22.8. The third kappa shape index (κ3) is 9.30. The maximum absolute atomic E-state index is 14.5. The Labute approximate surface area is 288 Å². The minimum atomic E-state index is -4.79. The van der Waals surface area contributed by atoms with Crippen LogP contribution in [0.5, 0.6) is 0 Å². The fraction of sp³-hybridized carbons (Fsp3) is 0.257. The maximum Gasteiger partial charge on any atom is 0.416 e. The lowest BCUT2D eigenvalue weighted by molar-refractivity contribution is -0.140. The van der Waals surface area contributed by atoms with Crippen molar-refractivity contribution < 1.29 is 31.2 Å². The van der Waals surface area contributed by atoms with Crippen molar-refractivity contribution in [1.29, 1.82) is 0 Å². The van der Waals surface area contributed by atoms with Gasteiger partial charge in [-0.3, -0.25) is 13.9 Å². The number of rotatable bonds is 14. The largest absolute Gasteiger partial charge is 0.416 e. The fourth-order valence-corrected chi connectivity index (χ4v) is 6.94. The highest BCUT2D eigenvalue weighted by molar-refractivity contribution is 7.92. The van der Waals surface area contributed by atoms with Crippen LogP contribution in [0.25, 0.3) is 0 Å². The lowest BCUT2D eigenvalue weighted by Crippen LogP contribution is -2.53. The van der Waals surface area contributed by atoms with Gasteiger partial charge in [-0.2, -0.15) is 13.2 Å². The van der Waals surface area contributed by atoms with Crippen molar-refractivity contribution in [1.82, 2.24) is 10.2 Å². The third-order valence-corrected chi connectivity index (χ3v) is 10.1. The Morgan fingerprint density at radius 2 is 1.46 bits per heavy atom. The van der Waals surface area contributed by atoms with Crippen molar-refractivity contribution in [2.24, 2.45) is 0 Å². The molecule has 1 N–H and O–H groups in total. The number of alkyl halides is 3. The first-order valence-corrected chi connectivity index (χ1v) is 17.3. The predicted octanol–water partition coefficient (Wildman–Crippen LogP) is 7.76. The second-order valence-electron chi connectivity index (χ2n) is 10.9. The lowest BCUT2D eigenvalue weighted by Gasteiger charge is -2.34. The van der Waals surface area contributed by atoms with Crippen molar-refractivity contribution in [2.75, 3.05) is 17.4 Å². The van der Waals surface area contributed by atoms with Gasteiger partial charge in [-0.25, -0.2) is 8.42 Å². The molecule has 1 atom stereocenters. The van der Waals surface area contributed by atoms with Gasteiger partial charge in [-0.05, 0) is 54.4 Å². The van der Waals surface area contributed by atoms with E-state index < -0.39 is 46.2 Å². The molecule has 0 saturated heterocycles. The van der Waals surface area contributed by atoms with Crippen LogP contribution in [-0.2, 0) is 38.8 Å². The van der Waals surface area contributed by atoms with Crippen molar-refractivity contribution in [3.05, 3.63) is 130 Å². The smallest absolute Gasteiger partial charge is 0.354 e. The Morgan fingerprint density at radius 1 is 0.854 bits per heavy atom. The van der Waals surface area contributed by atoms with Crippen LogP contribution >= 0.6 is 23.2 Å². The van der Waals surface area contributed by atoms with Gasteiger partial charge in [0.05, 0.1) is 16.1 Å². The van der Waals surface area contributed by atoms with Gasteiger partial charge in [-0.1, -0.05) is 97.2 Å². The quantitative estimate of drug-likeness (QED) is 0.135. The van der Waals surface area contributed by atoms with Gasteiger partial charge in [0.1, 0.15) is 12.6 Å². The summed E-state index contributed by atoms with van der Waals surface area (Å²) in [6, 6.07) is 23.3. The molecule has 0 radical (unpaired) electrons. The molecule has 7 nitrogen and oxygen atoms in total. The number of sulfonamides is 1. The molecule has 4 rings (SSSR count). The lowest BCUT2D eigenvalue weighted by atomic mass is 10.0. The molecular formula is C35H34Cl2F3N3O4S. The second kappa shape index (κ2) is 16.4. The predicted molar refractivity (Wildman–Crippen MR) is 181 cm³/mol. The number of hydrogen-bond acceptors (Lipinski definition) is 4. The van der Waals surface area contributed by atoms with Crippen LogP contribution in [0.3, 0.4) is 0 Å². The van der Waals surface area contributed by atoms with Crippen LogP contribution in [0.4, 0.5) is 18.9 Å². The molecule has 0 fully saturated rings. The minimum absolute atomic E-state index is 0.0433. The molecule has 0 aromatic heterocycles. The Morgan fingerprint density at radius 3 is 2.06 bits per heavy atom. The number of hydrogen-bond donors (Lipinski definition) is 1. The van der Waals surface area contributed by atoms with E-state index >= 15 is 0 Å². The molecule has 0 unspecified atom stereocenters. The molecule has 0 aliphatic carbocycles. The Balaban J connectivity index is 1.85. The Hall–Kier alpha value is -4.06. The number of amides is 2. The molecule has 0 spiro atoms. The minimum Gasteiger partial charge on any atom is -0.354 e. The standard InChI is InChI=1S/C35H34Cl2F3N3O4S/c1-2-3-20-41-34(45)32(21-25-12-6-4-7-13-25)42(23-29-30(36)18-11-19-31(29)37)33(44)24-43(48(46,47)28-16-8-5-9-17-28)27-15-10-14-26(22-27)35(38,39)40/h4-19,22,32H,2-3,20-21,23-24H2,1H3,(H,41,45)/t32-/m0/s1. The van der Waals surface area contributed by atoms with Crippen LogP contribution < -0.4 is 9.62 Å². The summed E-state index contributed by atoms with van der Waals surface area (Å²) in [6.07, 6.45) is -3.27. The van der Waals surface area contributed by atoms with Crippen molar-refractivity contribution in [3.63, 3.8) is 0 Å². The van der Waals surface area contributed by atoms with Gasteiger partial charge >= 0.3 is 6.18 Å². The summed E-state index contributed by atoms with van der Waals surface area (Å²) in [6.45, 7) is 1.05. The molecule has 4 aromatic rings. The number of halogens is 5. The molecule has 254 valence electrons. The van der Waals surface area contributed by atoms with Crippen LogP contribution in [0, 0.1) is 0 Å². The average molecular weight is 721 g/mol. The SMILES string of the molecule is CCCCNC(=O)[C@H](Cc1ccccc1)N(Cc1c(Cl)cccc1Cl)C(=O)CN(c1cccc(C(F)(F)F)c1)S(=O)(=O)c1ccccc1. The Bertz CT molecular complexity index is 1790. The number of anilines is 1. The molecule has 0 saturated carbocycles. The molecule has 48 heavy (non-hydrogen) atoms. The highest BCUT2D eigenvalue weighted by atomic mass is 35.5. The number of benzene rings is 4. The topological polar surface area (TPSA) is 86.8 Å².